The zero-order valence-corrected chi connectivity index (χ0v) is 23.9. The van der Waals surface area contributed by atoms with Gasteiger partial charge in [0.1, 0.15) is 11.6 Å². The molecule has 0 saturated heterocycles. The van der Waals surface area contributed by atoms with Crippen LogP contribution >= 0.6 is 0 Å². The van der Waals surface area contributed by atoms with Crippen molar-refractivity contribution in [3.05, 3.63) is 133 Å². The van der Waals surface area contributed by atoms with Crippen molar-refractivity contribution in [2.24, 2.45) is 0 Å². The first-order valence-electron chi connectivity index (χ1n) is 14.2. The molecular weight excluding hydrogens is 514 g/mol. The fourth-order valence-electron chi connectivity index (χ4n) is 5.71. The molecule has 0 unspecified atom stereocenters. The number of nitrogens with zero attached hydrogens (tertiary/aromatic N) is 3. The Labute approximate surface area is 245 Å². The highest BCUT2D eigenvalue weighted by atomic mass is 16.3. The minimum absolute atomic E-state index is 0.113. The van der Waals surface area contributed by atoms with Gasteiger partial charge in [-0.3, -0.25) is 9.55 Å². The van der Waals surface area contributed by atoms with Crippen LogP contribution in [0.5, 0.6) is 5.75 Å². The molecule has 0 amide bonds. The molecule has 0 aliphatic heterocycles. The number of para-hydroxylation sites is 2. The fraction of sp³-hybridized carbons (Fsp3) is 0.105. The van der Waals surface area contributed by atoms with Crippen molar-refractivity contribution in [2.45, 2.75) is 26.2 Å². The van der Waals surface area contributed by atoms with E-state index in [4.69, 9.17) is 4.98 Å². The molecule has 1 N–H and O–H groups in total. The Hall–Kier alpha value is -5.22. The van der Waals surface area contributed by atoms with Gasteiger partial charge in [-0.1, -0.05) is 81.4 Å². The van der Waals surface area contributed by atoms with Crippen molar-refractivity contribution >= 4 is 21.8 Å². The number of phenolic OH excluding ortho intramolecular Hbond substituents is 1. The molecule has 42 heavy (non-hydrogen) atoms. The topological polar surface area (TPSA) is 50.9 Å². The van der Waals surface area contributed by atoms with Gasteiger partial charge in [0.2, 0.25) is 0 Å². The van der Waals surface area contributed by atoms with E-state index in [9.17, 15) is 5.11 Å². The maximum atomic E-state index is 11.0. The average molecular weight is 546 g/mol. The van der Waals surface area contributed by atoms with Crippen molar-refractivity contribution < 1.29 is 5.11 Å². The van der Waals surface area contributed by atoms with Gasteiger partial charge in [0, 0.05) is 23.0 Å². The third kappa shape index (κ3) is 4.42. The van der Waals surface area contributed by atoms with E-state index >= 15 is 0 Å². The van der Waals surface area contributed by atoms with Gasteiger partial charge >= 0.3 is 0 Å². The molecule has 4 nitrogen and oxygen atoms in total. The Bertz CT molecular complexity index is 2070. The van der Waals surface area contributed by atoms with Crippen LogP contribution in [-0.4, -0.2) is 19.6 Å². The van der Waals surface area contributed by atoms with Crippen LogP contribution in [0, 0.1) is 0 Å². The van der Waals surface area contributed by atoms with Crippen LogP contribution in [0.2, 0.25) is 0 Å². The van der Waals surface area contributed by atoms with Crippen molar-refractivity contribution in [2.75, 3.05) is 0 Å². The van der Waals surface area contributed by atoms with Gasteiger partial charge in [0.25, 0.3) is 0 Å². The molecule has 7 aromatic rings. The molecule has 5 aromatic carbocycles. The summed E-state index contributed by atoms with van der Waals surface area (Å²) in [5.41, 5.74) is 8.79. The zero-order chi connectivity index (χ0) is 28.8. The number of imidazole rings is 1. The molecule has 0 aliphatic rings. The molecule has 2 heterocycles. The van der Waals surface area contributed by atoms with E-state index < -0.39 is 0 Å². The van der Waals surface area contributed by atoms with E-state index in [2.05, 4.69) is 97.1 Å². The highest BCUT2D eigenvalue weighted by Crippen LogP contribution is 2.42. The van der Waals surface area contributed by atoms with Crippen LogP contribution < -0.4 is 0 Å². The van der Waals surface area contributed by atoms with Crippen LogP contribution in [0.3, 0.4) is 0 Å². The van der Waals surface area contributed by atoms with E-state index in [1.165, 1.54) is 5.56 Å². The summed E-state index contributed by atoms with van der Waals surface area (Å²) in [4.78, 5) is 9.99. The Morgan fingerprint density at radius 1 is 0.667 bits per heavy atom. The lowest BCUT2D eigenvalue weighted by Gasteiger charge is -2.22. The van der Waals surface area contributed by atoms with E-state index in [1.54, 1.807) is 6.07 Å². The highest BCUT2D eigenvalue weighted by molar-refractivity contribution is 6.06. The smallest absolute Gasteiger partial charge is 0.149 e. The van der Waals surface area contributed by atoms with Crippen LogP contribution in [0.25, 0.3) is 61.3 Å². The highest BCUT2D eigenvalue weighted by Gasteiger charge is 2.24. The molecule has 4 heteroatoms. The summed E-state index contributed by atoms with van der Waals surface area (Å²) in [6.07, 6.45) is 1.84. The molecule has 2 aromatic heterocycles. The third-order valence-corrected chi connectivity index (χ3v) is 7.90. The molecular formula is C38H31N3O. The lowest BCUT2D eigenvalue weighted by atomic mass is 9.84. The largest absolute Gasteiger partial charge is 0.507 e. The SMILES string of the molecule is CC(C)(C)c1cc(-c2cc(-c3ccccn3)cc3ccccc23)c2nc(-c3ccccc3O)n(-c3ccccc3)c2c1. The summed E-state index contributed by atoms with van der Waals surface area (Å²) < 4.78 is 2.17. The first kappa shape index (κ1) is 25.7. The van der Waals surface area contributed by atoms with Gasteiger partial charge in [-0.25, -0.2) is 4.98 Å². The van der Waals surface area contributed by atoms with Crippen LogP contribution in [0.1, 0.15) is 26.3 Å². The Morgan fingerprint density at radius 3 is 2.17 bits per heavy atom. The average Bonchev–Trinajstić information content (AvgIpc) is 3.40. The minimum Gasteiger partial charge on any atom is -0.507 e. The minimum atomic E-state index is -0.113. The van der Waals surface area contributed by atoms with Gasteiger partial charge in [0.15, 0.2) is 0 Å². The van der Waals surface area contributed by atoms with Gasteiger partial charge in [-0.15, -0.1) is 0 Å². The zero-order valence-electron chi connectivity index (χ0n) is 23.9. The first-order chi connectivity index (χ1) is 20.4. The summed E-state index contributed by atoms with van der Waals surface area (Å²) in [7, 11) is 0. The second-order valence-corrected chi connectivity index (χ2v) is 11.7. The number of aromatic hydroxyl groups is 1. The van der Waals surface area contributed by atoms with Crippen LogP contribution in [0.4, 0.5) is 0 Å². The van der Waals surface area contributed by atoms with E-state index in [0.29, 0.717) is 11.4 Å². The molecule has 204 valence electrons. The molecule has 0 radical (unpaired) electrons. The number of phenols is 1. The lowest BCUT2D eigenvalue weighted by Crippen LogP contribution is -2.11. The van der Waals surface area contributed by atoms with E-state index in [1.807, 2.05) is 54.7 Å². The number of hydrogen-bond donors (Lipinski definition) is 1. The van der Waals surface area contributed by atoms with Gasteiger partial charge in [0.05, 0.1) is 22.3 Å². The second-order valence-electron chi connectivity index (χ2n) is 11.7. The van der Waals surface area contributed by atoms with Crippen LogP contribution in [-0.2, 0) is 5.41 Å². The number of hydrogen-bond acceptors (Lipinski definition) is 3. The monoisotopic (exact) mass is 545 g/mol. The number of benzene rings is 5. The predicted molar refractivity (Wildman–Crippen MR) is 173 cm³/mol. The summed E-state index contributed by atoms with van der Waals surface area (Å²) in [6, 6.07) is 41.2. The van der Waals surface area contributed by atoms with E-state index in [-0.39, 0.29) is 11.2 Å². The number of fused-ring (bicyclic) bond motifs is 2. The number of rotatable bonds is 4. The molecule has 0 bridgehead atoms. The normalized spacial score (nSPS) is 11.8. The number of aromatic nitrogens is 3. The summed E-state index contributed by atoms with van der Waals surface area (Å²) >= 11 is 0. The number of pyridine rings is 1. The van der Waals surface area contributed by atoms with Gasteiger partial charge < -0.3 is 5.11 Å². The van der Waals surface area contributed by atoms with Crippen molar-refractivity contribution in [3.8, 4) is 45.2 Å². The molecule has 0 spiro atoms. The molecule has 0 atom stereocenters. The van der Waals surface area contributed by atoms with Gasteiger partial charge in [-0.2, -0.15) is 0 Å². The molecule has 0 saturated carbocycles. The first-order valence-corrected chi connectivity index (χ1v) is 14.2. The Balaban J connectivity index is 1.64. The molecule has 0 aliphatic carbocycles. The fourth-order valence-corrected chi connectivity index (χ4v) is 5.71. The standard InChI is InChI=1S/C38H31N3O/c1-38(2,3)27-23-32(31-22-26(33-18-11-12-20-39-33)21-25-13-7-8-16-29(25)31)36-34(24-27)41(28-14-5-4-6-15-28)37(40-36)30-17-9-10-19-35(30)42/h4-24,42H,1-3H3. The third-order valence-electron chi connectivity index (χ3n) is 7.90. The predicted octanol–water partition coefficient (Wildman–Crippen LogP) is 9.58. The lowest BCUT2D eigenvalue weighted by molar-refractivity contribution is 0.477. The Morgan fingerprint density at radius 2 is 1.40 bits per heavy atom. The van der Waals surface area contributed by atoms with Crippen molar-refractivity contribution in [3.63, 3.8) is 0 Å². The maximum absolute atomic E-state index is 11.0. The van der Waals surface area contributed by atoms with Crippen molar-refractivity contribution in [1.29, 1.82) is 0 Å². The molecule has 7 rings (SSSR count). The quantitative estimate of drug-likeness (QED) is 0.240. The summed E-state index contributed by atoms with van der Waals surface area (Å²) in [5, 5.41) is 13.3. The van der Waals surface area contributed by atoms with Crippen LogP contribution in [0.15, 0.2) is 128 Å². The second kappa shape index (κ2) is 10.0. The molecule has 0 fully saturated rings. The van der Waals surface area contributed by atoms with Gasteiger partial charge in [-0.05, 0) is 88.0 Å². The van der Waals surface area contributed by atoms with Crippen molar-refractivity contribution in [1.82, 2.24) is 14.5 Å². The summed E-state index contributed by atoms with van der Waals surface area (Å²) in [6.45, 7) is 6.73. The Kier molecular flexibility index (Phi) is 6.13. The maximum Gasteiger partial charge on any atom is 0.149 e. The summed E-state index contributed by atoms with van der Waals surface area (Å²) in [5.74, 6) is 0.900. The van der Waals surface area contributed by atoms with E-state index in [0.717, 1.165) is 49.9 Å².